The zero-order valence-electron chi connectivity index (χ0n) is 12.2. The topological polar surface area (TPSA) is 67.4 Å². The van der Waals surface area contributed by atoms with Crippen LogP contribution in [-0.2, 0) is 4.74 Å². The van der Waals surface area contributed by atoms with Crippen LogP contribution >= 0.6 is 0 Å². The average molecular weight is 320 g/mol. The lowest BCUT2D eigenvalue weighted by Crippen LogP contribution is -2.22. The van der Waals surface area contributed by atoms with Gasteiger partial charge in [-0.3, -0.25) is 0 Å². The smallest absolute Gasteiger partial charge is 0.340 e. The number of carbonyl (C=O) groups is 2. The van der Waals surface area contributed by atoms with Crippen LogP contribution in [-0.4, -0.2) is 18.6 Å². The maximum absolute atomic E-state index is 13.5. The van der Waals surface area contributed by atoms with Crippen molar-refractivity contribution in [3.8, 4) is 0 Å². The Bertz CT molecular complexity index is 735. The lowest BCUT2D eigenvalue weighted by atomic mass is 10.2. The molecule has 5 nitrogen and oxygen atoms in total. The van der Waals surface area contributed by atoms with Gasteiger partial charge in [-0.1, -0.05) is 12.1 Å². The number of esters is 1. The molecule has 0 aliphatic heterocycles. The third-order valence-corrected chi connectivity index (χ3v) is 2.85. The summed E-state index contributed by atoms with van der Waals surface area (Å²) in [5.74, 6) is -2.06. The fraction of sp³-hybridized carbons (Fsp3) is 0.125. The molecule has 0 radical (unpaired) electrons. The molecule has 2 amide bonds. The van der Waals surface area contributed by atoms with Crippen LogP contribution < -0.4 is 10.6 Å². The van der Waals surface area contributed by atoms with Gasteiger partial charge in [-0.05, 0) is 31.2 Å². The number of ether oxygens (including phenoxy) is 1. The first kappa shape index (κ1) is 16.4. The molecule has 0 unspecified atom stereocenters. The number of hydrogen-bond acceptors (Lipinski definition) is 3. The first-order valence-electron chi connectivity index (χ1n) is 6.80. The second kappa shape index (κ2) is 7.35. The van der Waals surface area contributed by atoms with Crippen LogP contribution in [0.4, 0.5) is 25.0 Å². The summed E-state index contributed by atoms with van der Waals surface area (Å²) < 4.78 is 31.5. The number of amides is 2. The van der Waals surface area contributed by atoms with E-state index < -0.39 is 23.6 Å². The van der Waals surface area contributed by atoms with Crippen molar-refractivity contribution in [3.05, 3.63) is 59.7 Å². The maximum atomic E-state index is 13.5. The third kappa shape index (κ3) is 4.26. The Labute approximate surface area is 131 Å². The van der Waals surface area contributed by atoms with Crippen LogP contribution in [0.5, 0.6) is 0 Å². The second-order valence-corrected chi connectivity index (χ2v) is 4.47. The Morgan fingerprint density at radius 3 is 2.48 bits per heavy atom. The van der Waals surface area contributed by atoms with E-state index in [0.29, 0.717) is 0 Å². The zero-order valence-corrected chi connectivity index (χ0v) is 12.2. The molecule has 0 aliphatic rings. The van der Waals surface area contributed by atoms with Crippen molar-refractivity contribution in [3.63, 3.8) is 0 Å². The quantitative estimate of drug-likeness (QED) is 0.842. The molecule has 0 saturated heterocycles. The van der Waals surface area contributed by atoms with Crippen molar-refractivity contribution in [1.82, 2.24) is 0 Å². The van der Waals surface area contributed by atoms with E-state index in [4.69, 9.17) is 4.74 Å². The molecule has 0 aromatic heterocycles. The number of benzene rings is 2. The summed E-state index contributed by atoms with van der Waals surface area (Å²) >= 11 is 0. The monoisotopic (exact) mass is 320 g/mol. The van der Waals surface area contributed by atoms with E-state index in [2.05, 4.69) is 10.6 Å². The average Bonchev–Trinajstić information content (AvgIpc) is 2.51. The number of carbonyl (C=O) groups excluding carboxylic acids is 2. The number of hydrogen-bond donors (Lipinski definition) is 2. The molecular weight excluding hydrogens is 306 g/mol. The predicted octanol–water partition coefficient (Wildman–Crippen LogP) is 3.79. The summed E-state index contributed by atoms with van der Waals surface area (Å²) in [6, 6.07) is 8.08. The molecule has 0 fully saturated rings. The first-order valence-corrected chi connectivity index (χ1v) is 6.80. The highest BCUT2D eigenvalue weighted by atomic mass is 19.1. The molecule has 120 valence electrons. The van der Waals surface area contributed by atoms with Gasteiger partial charge in [0.1, 0.15) is 11.6 Å². The lowest BCUT2D eigenvalue weighted by molar-refractivity contribution is 0.0527. The van der Waals surface area contributed by atoms with Crippen LogP contribution in [0.1, 0.15) is 17.3 Å². The predicted molar refractivity (Wildman–Crippen MR) is 81.4 cm³/mol. The zero-order chi connectivity index (χ0) is 16.8. The van der Waals surface area contributed by atoms with E-state index in [-0.39, 0.29) is 23.5 Å². The Morgan fingerprint density at radius 2 is 1.74 bits per heavy atom. The molecule has 0 saturated carbocycles. The number of nitrogens with one attached hydrogen (secondary N) is 2. The van der Waals surface area contributed by atoms with Gasteiger partial charge in [0.15, 0.2) is 0 Å². The Kier molecular flexibility index (Phi) is 5.24. The maximum Gasteiger partial charge on any atom is 0.340 e. The minimum absolute atomic E-state index is 0.157. The molecule has 0 heterocycles. The summed E-state index contributed by atoms with van der Waals surface area (Å²) in [5, 5.41) is 4.59. The molecule has 2 N–H and O–H groups in total. The van der Waals surface area contributed by atoms with E-state index in [0.717, 1.165) is 18.2 Å². The van der Waals surface area contributed by atoms with Crippen LogP contribution in [0.3, 0.4) is 0 Å². The third-order valence-electron chi connectivity index (χ3n) is 2.85. The van der Waals surface area contributed by atoms with E-state index >= 15 is 0 Å². The minimum atomic E-state index is -0.814. The van der Waals surface area contributed by atoms with Crippen LogP contribution in [0.25, 0.3) is 0 Å². The van der Waals surface area contributed by atoms with Gasteiger partial charge in [0, 0.05) is 6.07 Å². The summed E-state index contributed by atoms with van der Waals surface area (Å²) in [6.45, 7) is 1.85. The van der Waals surface area contributed by atoms with Crippen molar-refractivity contribution < 1.29 is 23.1 Å². The largest absolute Gasteiger partial charge is 0.462 e. The Morgan fingerprint density at radius 1 is 1.04 bits per heavy atom. The molecule has 0 bridgehead atoms. The standard InChI is InChI=1S/C16H14F2N2O3/c1-2-23-15(21)11-5-3-4-6-13(11)19-16(22)20-14-9-10(17)7-8-12(14)18/h3-9H,2H2,1H3,(H2,19,20,22). The van der Waals surface area contributed by atoms with Crippen LogP contribution in [0, 0.1) is 11.6 Å². The second-order valence-electron chi connectivity index (χ2n) is 4.47. The summed E-state index contributed by atoms with van der Waals surface area (Å²) in [5.41, 5.74) is 0.0422. The molecule has 23 heavy (non-hydrogen) atoms. The van der Waals surface area contributed by atoms with Crippen molar-refractivity contribution in [1.29, 1.82) is 0 Å². The number of para-hydroxylation sites is 1. The molecule has 0 aliphatic carbocycles. The van der Waals surface area contributed by atoms with Crippen molar-refractivity contribution >= 4 is 23.4 Å². The van der Waals surface area contributed by atoms with Crippen molar-refractivity contribution in [2.24, 2.45) is 0 Å². The number of rotatable bonds is 4. The van der Waals surface area contributed by atoms with Crippen molar-refractivity contribution in [2.75, 3.05) is 17.2 Å². The van der Waals surface area contributed by atoms with Gasteiger partial charge in [-0.2, -0.15) is 0 Å². The van der Waals surface area contributed by atoms with Gasteiger partial charge in [0.2, 0.25) is 0 Å². The van der Waals surface area contributed by atoms with Gasteiger partial charge >= 0.3 is 12.0 Å². The van der Waals surface area contributed by atoms with Gasteiger partial charge in [-0.25, -0.2) is 18.4 Å². The number of anilines is 2. The van der Waals surface area contributed by atoms with E-state index in [9.17, 15) is 18.4 Å². The van der Waals surface area contributed by atoms with E-state index in [1.807, 2.05) is 0 Å². The Hall–Kier alpha value is -2.96. The molecule has 0 atom stereocenters. The fourth-order valence-corrected chi connectivity index (χ4v) is 1.85. The van der Waals surface area contributed by atoms with Crippen LogP contribution in [0.2, 0.25) is 0 Å². The lowest BCUT2D eigenvalue weighted by Gasteiger charge is -2.11. The molecule has 2 rings (SSSR count). The first-order chi connectivity index (χ1) is 11.0. The van der Waals surface area contributed by atoms with Gasteiger partial charge in [0.25, 0.3) is 0 Å². The summed E-state index contributed by atoms with van der Waals surface area (Å²) in [7, 11) is 0. The highest BCUT2D eigenvalue weighted by Gasteiger charge is 2.15. The van der Waals surface area contributed by atoms with Gasteiger partial charge < -0.3 is 15.4 Å². The number of urea groups is 1. The normalized spacial score (nSPS) is 10.0. The molecule has 2 aromatic carbocycles. The molecule has 2 aromatic rings. The highest BCUT2D eigenvalue weighted by molar-refractivity contribution is 6.05. The minimum Gasteiger partial charge on any atom is -0.462 e. The van der Waals surface area contributed by atoms with Gasteiger partial charge in [-0.15, -0.1) is 0 Å². The summed E-state index contributed by atoms with van der Waals surface area (Å²) in [4.78, 5) is 23.7. The SMILES string of the molecule is CCOC(=O)c1ccccc1NC(=O)Nc1cc(F)ccc1F. The van der Waals surface area contributed by atoms with Crippen LogP contribution in [0.15, 0.2) is 42.5 Å². The number of halogens is 2. The molecular formula is C16H14F2N2O3. The highest BCUT2D eigenvalue weighted by Crippen LogP contribution is 2.18. The fourth-order valence-electron chi connectivity index (χ4n) is 1.85. The summed E-state index contributed by atoms with van der Waals surface area (Å²) in [6.07, 6.45) is 0. The van der Waals surface area contributed by atoms with E-state index in [1.54, 1.807) is 19.1 Å². The molecule has 0 spiro atoms. The Balaban J connectivity index is 2.14. The molecule has 7 heteroatoms. The van der Waals surface area contributed by atoms with Gasteiger partial charge in [0.05, 0.1) is 23.5 Å². The van der Waals surface area contributed by atoms with Crippen molar-refractivity contribution in [2.45, 2.75) is 6.92 Å². The van der Waals surface area contributed by atoms with E-state index in [1.165, 1.54) is 12.1 Å².